The summed E-state index contributed by atoms with van der Waals surface area (Å²) < 4.78 is 7.98. The van der Waals surface area contributed by atoms with Gasteiger partial charge in [0, 0.05) is 30.8 Å². The van der Waals surface area contributed by atoms with Crippen molar-refractivity contribution in [1.82, 2.24) is 14.7 Å². The molecule has 1 unspecified atom stereocenters. The summed E-state index contributed by atoms with van der Waals surface area (Å²) in [6.07, 6.45) is 2.22. The van der Waals surface area contributed by atoms with Gasteiger partial charge in [0.05, 0.1) is 11.7 Å². The molecule has 1 aromatic heterocycles. The van der Waals surface area contributed by atoms with Crippen LogP contribution in [0.4, 0.5) is 0 Å². The molecular weight excluding hydrogens is 338 g/mol. The highest BCUT2D eigenvalue weighted by molar-refractivity contribution is 5.81. The van der Waals surface area contributed by atoms with Gasteiger partial charge in [0.25, 0.3) is 5.91 Å². The average Bonchev–Trinajstić information content (AvgIpc) is 3.05. The molecule has 146 valence electrons. The molecule has 0 radical (unpaired) electrons. The Morgan fingerprint density at radius 3 is 2.41 bits per heavy atom. The molecule has 0 fully saturated rings. The zero-order valence-electron chi connectivity index (χ0n) is 17.3. The van der Waals surface area contributed by atoms with Crippen molar-refractivity contribution in [3.05, 3.63) is 47.3 Å². The first-order valence-corrected chi connectivity index (χ1v) is 9.78. The van der Waals surface area contributed by atoms with Crippen LogP contribution in [0.5, 0.6) is 5.75 Å². The third-order valence-electron chi connectivity index (χ3n) is 5.09. The van der Waals surface area contributed by atoms with E-state index in [9.17, 15) is 4.79 Å². The van der Waals surface area contributed by atoms with Gasteiger partial charge in [-0.25, -0.2) is 0 Å². The van der Waals surface area contributed by atoms with Crippen molar-refractivity contribution in [3.63, 3.8) is 0 Å². The van der Waals surface area contributed by atoms with Crippen LogP contribution >= 0.6 is 0 Å². The summed E-state index contributed by atoms with van der Waals surface area (Å²) in [7, 11) is 0. The number of benzene rings is 1. The first-order valence-electron chi connectivity index (χ1n) is 9.78. The van der Waals surface area contributed by atoms with Crippen molar-refractivity contribution in [3.8, 4) is 5.75 Å². The van der Waals surface area contributed by atoms with E-state index in [4.69, 9.17) is 4.74 Å². The Hall–Kier alpha value is -2.30. The number of rotatable bonds is 4. The minimum absolute atomic E-state index is 0.0251. The molecule has 1 aliphatic heterocycles. The average molecular weight is 370 g/mol. The zero-order valence-corrected chi connectivity index (χ0v) is 17.3. The standard InChI is InChI=1S/C22H31N3O2/c1-15(2)17-7-9-19(10-8-17)27-16(3)21(26)24-12-11-20-18(14-24)13-23-25(20)22(4,5)6/h7-10,13,15-16H,11-12,14H2,1-6H3. The molecular formula is C22H31N3O2. The van der Waals surface area contributed by atoms with Crippen LogP contribution in [0.1, 0.15) is 64.3 Å². The van der Waals surface area contributed by atoms with E-state index in [0.717, 1.165) is 17.7 Å². The molecule has 0 saturated carbocycles. The van der Waals surface area contributed by atoms with Crippen molar-refractivity contribution >= 4 is 5.91 Å². The van der Waals surface area contributed by atoms with Gasteiger partial charge in [0.2, 0.25) is 0 Å². The first-order chi connectivity index (χ1) is 12.7. The fourth-order valence-electron chi connectivity index (χ4n) is 3.54. The number of ether oxygens (including phenoxy) is 1. The van der Waals surface area contributed by atoms with Crippen molar-refractivity contribution in [2.45, 2.75) is 72.1 Å². The number of amides is 1. The fraction of sp³-hybridized carbons (Fsp3) is 0.545. The number of hydrogen-bond acceptors (Lipinski definition) is 3. The number of nitrogens with zero attached hydrogens (tertiary/aromatic N) is 3. The second-order valence-corrected chi connectivity index (χ2v) is 8.69. The number of aromatic nitrogens is 2. The van der Waals surface area contributed by atoms with Gasteiger partial charge in [0.15, 0.2) is 6.10 Å². The second kappa shape index (κ2) is 7.37. The molecule has 0 spiro atoms. The highest BCUT2D eigenvalue weighted by atomic mass is 16.5. The van der Waals surface area contributed by atoms with Crippen LogP contribution in [-0.2, 0) is 23.3 Å². The maximum atomic E-state index is 12.9. The van der Waals surface area contributed by atoms with Gasteiger partial charge in [-0.1, -0.05) is 26.0 Å². The quantitative estimate of drug-likeness (QED) is 0.815. The lowest BCUT2D eigenvalue weighted by Gasteiger charge is -2.31. The predicted octanol–water partition coefficient (Wildman–Crippen LogP) is 4.11. The van der Waals surface area contributed by atoms with E-state index < -0.39 is 6.10 Å². The topological polar surface area (TPSA) is 47.4 Å². The van der Waals surface area contributed by atoms with E-state index in [0.29, 0.717) is 19.0 Å². The molecule has 5 heteroatoms. The molecule has 1 atom stereocenters. The van der Waals surface area contributed by atoms with Crippen LogP contribution < -0.4 is 4.74 Å². The molecule has 0 saturated heterocycles. The lowest BCUT2D eigenvalue weighted by Crippen LogP contribution is -2.43. The number of hydrogen-bond donors (Lipinski definition) is 0. The van der Waals surface area contributed by atoms with Crippen molar-refractivity contribution < 1.29 is 9.53 Å². The van der Waals surface area contributed by atoms with Crippen molar-refractivity contribution in [2.24, 2.45) is 0 Å². The van der Waals surface area contributed by atoms with Crippen molar-refractivity contribution in [2.75, 3.05) is 6.54 Å². The van der Waals surface area contributed by atoms with E-state index in [1.165, 1.54) is 11.3 Å². The summed E-state index contributed by atoms with van der Waals surface area (Å²) in [6.45, 7) is 13.9. The maximum Gasteiger partial charge on any atom is 0.263 e. The normalized spacial score (nSPS) is 15.6. The van der Waals surface area contributed by atoms with E-state index in [1.54, 1.807) is 0 Å². The van der Waals surface area contributed by atoms with Gasteiger partial charge < -0.3 is 9.64 Å². The van der Waals surface area contributed by atoms with Gasteiger partial charge in [-0.3, -0.25) is 9.48 Å². The van der Waals surface area contributed by atoms with Crippen LogP contribution in [0.3, 0.4) is 0 Å². The second-order valence-electron chi connectivity index (χ2n) is 8.69. The summed E-state index contributed by atoms with van der Waals surface area (Å²) in [5.41, 5.74) is 3.60. The minimum atomic E-state index is -0.505. The molecule has 3 rings (SSSR count). The Morgan fingerprint density at radius 2 is 1.81 bits per heavy atom. The van der Waals surface area contributed by atoms with Gasteiger partial charge in [-0.2, -0.15) is 5.10 Å². The molecule has 0 aliphatic carbocycles. The van der Waals surface area contributed by atoms with E-state index in [2.05, 4.69) is 56.5 Å². The minimum Gasteiger partial charge on any atom is -0.481 e. The molecule has 1 aliphatic rings. The number of fused-ring (bicyclic) bond motifs is 1. The molecule has 1 amide bonds. The summed E-state index contributed by atoms with van der Waals surface area (Å²) >= 11 is 0. The lowest BCUT2D eigenvalue weighted by molar-refractivity contribution is -0.138. The largest absolute Gasteiger partial charge is 0.481 e. The van der Waals surface area contributed by atoms with Crippen LogP contribution in [-0.4, -0.2) is 33.2 Å². The zero-order chi connectivity index (χ0) is 19.8. The van der Waals surface area contributed by atoms with Gasteiger partial charge in [0.1, 0.15) is 5.75 Å². The summed E-state index contributed by atoms with van der Waals surface area (Å²) in [6, 6.07) is 8.01. The molecule has 0 bridgehead atoms. The highest BCUT2D eigenvalue weighted by Gasteiger charge is 2.30. The summed E-state index contributed by atoms with van der Waals surface area (Å²) in [4.78, 5) is 14.7. The molecule has 5 nitrogen and oxygen atoms in total. The molecule has 1 aromatic carbocycles. The first kappa shape index (κ1) is 19.5. The monoisotopic (exact) mass is 369 g/mol. The highest BCUT2D eigenvalue weighted by Crippen LogP contribution is 2.25. The predicted molar refractivity (Wildman–Crippen MR) is 107 cm³/mol. The molecule has 0 N–H and O–H groups in total. The third-order valence-corrected chi connectivity index (χ3v) is 5.09. The Labute approximate surface area is 162 Å². The Morgan fingerprint density at radius 1 is 1.15 bits per heavy atom. The molecule has 2 heterocycles. The van der Waals surface area contributed by atoms with Crippen LogP contribution in [0.25, 0.3) is 0 Å². The number of carbonyl (C=O) groups is 1. The Kier molecular flexibility index (Phi) is 5.31. The fourth-order valence-corrected chi connectivity index (χ4v) is 3.54. The van der Waals surface area contributed by atoms with Crippen LogP contribution in [0.15, 0.2) is 30.5 Å². The SMILES string of the molecule is CC(Oc1ccc(C(C)C)cc1)C(=O)N1CCc2c(cnn2C(C)(C)C)C1. The molecule has 27 heavy (non-hydrogen) atoms. The lowest BCUT2D eigenvalue weighted by atomic mass is 10.0. The summed E-state index contributed by atoms with van der Waals surface area (Å²) in [5.74, 6) is 1.24. The summed E-state index contributed by atoms with van der Waals surface area (Å²) in [5, 5.41) is 4.55. The van der Waals surface area contributed by atoms with Crippen LogP contribution in [0.2, 0.25) is 0 Å². The maximum absolute atomic E-state index is 12.9. The number of carbonyl (C=O) groups excluding carboxylic acids is 1. The van der Waals surface area contributed by atoms with Crippen molar-refractivity contribution in [1.29, 1.82) is 0 Å². The van der Waals surface area contributed by atoms with E-state index in [-0.39, 0.29) is 11.4 Å². The Bertz CT molecular complexity index is 800. The van der Waals surface area contributed by atoms with Crippen LogP contribution in [0, 0.1) is 0 Å². The van der Waals surface area contributed by atoms with E-state index >= 15 is 0 Å². The smallest absolute Gasteiger partial charge is 0.263 e. The molecule has 2 aromatic rings. The Balaban J connectivity index is 1.65. The van der Waals surface area contributed by atoms with Gasteiger partial charge in [-0.05, 0) is 51.3 Å². The third kappa shape index (κ3) is 4.18. The van der Waals surface area contributed by atoms with Gasteiger partial charge >= 0.3 is 0 Å². The van der Waals surface area contributed by atoms with E-state index in [1.807, 2.05) is 30.2 Å². The van der Waals surface area contributed by atoms with Gasteiger partial charge in [-0.15, -0.1) is 0 Å².